The molecule has 1 unspecified atom stereocenters. The quantitative estimate of drug-likeness (QED) is 0.142. The van der Waals surface area contributed by atoms with Gasteiger partial charge in [-0.3, -0.25) is 0 Å². The van der Waals surface area contributed by atoms with E-state index in [1.165, 1.54) is 31.7 Å². The zero-order valence-electron chi connectivity index (χ0n) is 25.2. The molecule has 0 saturated carbocycles. The van der Waals surface area contributed by atoms with Crippen LogP contribution >= 0.6 is 0 Å². The van der Waals surface area contributed by atoms with Crippen molar-refractivity contribution in [3.8, 4) is 11.5 Å². The molecule has 0 aromatic heterocycles. The molecule has 4 aromatic carbocycles. The van der Waals surface area contributed by atoms with Crippen molar-refractivity contribution in [2.24, 2.45) is 0 Å². The van der Waals surface area contributed by atoms with Gasteiger partial charge in [0.05, 0.1) is 11.3 Å². The van der Waals surface area contributed by atoms with Crippen molar-refractivity contribution < 1.29 is 18.7 Å². The maximum atomic E-state index is 14.6. The van der Waals surface area contributed by atoms with Crippen LogP contribution in [0, 0.1) is 12.7 Å². The van der Waals surface area contributed by atoms with E-state index in [1.807, 2.05) is 43.3 Å². The largest absolute Gasteiger partial charge is 0.456 e. The highest BCUT2D eigenvalue weighted by atomic mass is 19.1. The van der Waals surface area contributed by atoms with Crippen molar-refractivity contribution in [1.82, 2.24) is 0 Å². The Hall–Kier alpha value is -4.32. The third kappa shape index (κ3) is 5.24. The fraction of sp³-hybridized carbons (Fsp3) is 0.324. The molecule has 5 nitrogen and oxygen atoms in total. The van der Waals surface area contributed by atoms with Crippen molar-refractivity contribution in [3.63, 3.8) is 0 Å². The molecule has 2 aliphatic heterocycles. The Labute approximate surface area is 253 Å². The first-order valence-electron chi connectivity index (χ1n) is 15.5. The molecular formula is C37H39FN2O3. The van der Waals surface area contributed by atoms with Crippen LogP contribution in [0.1, 0.15) is 85.0 Å². The van der Waals surface area contributed by atoms with E-state index in [2.05, 4.69) is 42.3 Å². The number of ether oxygens (including phenoxy) is 2. The van der Waals surface area contributed by atoms with Crippen LogP contribution in [-0.2, 0) is 10.3 Å². The summed E-state index contributed by atoms with van der Waals surface area (Å²) in [5, 5.41) is 3.25. The molecule has 0 fully saturated rings. The van der Waals surface area contributed by atoms with Crippen LogP contribution in [-0.4, -0.2) is 19.1 Å². The number of rotatable bonds is 11. The molecular weight excluding hydrogens is 539 g/mol. The molecule has 43 heavy (non-hydrogen) atoms. The number of benzene rings is 4. The predicted octanol–water partition coefficient (Wildman–Crippen LogP) is 9.63. The smallest absolute Gasteiger partial charge is 0.340 e. The third-order valence-electron chi connectivity index (χ3n) is 8.61. The minimum atomic E-state index is -1.19. The van der Waals surface area contributed by atoms with Gasteiger partial charge in [0.1, 0.15) is 17.3 Å². The lowest BCUT2D eigenvalue weighted by molar-refractivity contribution is 0.0224. The SMILES string of the molecule is CCCCCN(CCCCC)c1ccc2c(c1)Oc1cc(C)c(Nc3ccccc3F)cc1C21OC(=O)c2ccccc21. The van der Waals surface area contributed by atoms with E-state index in [4.69, 9.17) is 9.47 Å². The number of nitrogens with zero attached hydrogens (tertiary/aromatic N) is 1. The molecule has 0 radical (unpaired) electrons. The van der Waals surface area contributed by atoms with E-state index in [0.29, 0.717) is 34.0 Å². The Bertz CT molecular complexity index is 1640. The van der Waals surface area contributed by atoms with Gasteiger partial charge in [0.15, 0.2) is 5.60 Å². The lowest BCUT2D eigenvalue weighted by Gasteiger charge is -2.38. The summed E-state index contributed by atoms with van der Waals surface area (Å²) in [5.74, 6) is 0.584. The van der Waals surface area contributed by atoms with E-state index < -0.39 is 5.60 Å². The van der Waals surface area contributed by atoms with E-state index >= 15 is 0 Å². The summed E-state index contributed by atoms with van der Waals surface area (Å²) in [5.41, 5.74) is 4.69. The molecule has 6 heteroatoms. The van der Waals surface area contributed by atoms with Crippen molar-refractivity contribution in [1.29, 1.82) is 0 Å². The molecule has 1 N–H and O–H groups in total. The zero-order valence-corrected chi connectivity index (χ0v) is 25.2. The second-order valence-corrected chi connectivity index (χ2v) is 11.6. The first-order chi connectivity index (χ1) is 21.0. The van der Waals surface area contributed by atoms with Crippen molar-refractivity contribution >= 4 is 23.0 Å². The number of fused-ring (bicyclic) bond motifs is 6. The first-order valence-corrected chi connectivity index (χ1v) is 15.5. The van der Waals surface area contributed by atoms with E-state index in [0.717, 1.165) is 48.3 Å². The Kier molecular flexibility index (Phi) is 8.11. The summed E-state index contributed by atoms with van der Waals surface area (Å²) in [6.45, 7) is 8.39. The summed E-state index contributed by atoms with van der Waals surface area (Å²) in [6, 6.07) is 24.3. The van der Waals surface area contributed by atoms with Gasteiger partial charge >= 0.3 is 5.97 Å². The lowest BCUT2D eigenvalue weighted by atomic mass is 9.77. The highest BCUT2D eigenvalue weighted by Crippen LogP contribution is 2.57. The van der Waals surface area contributed by atoms with Gasteiger partial charge in [-0.1, -0.05) is 69.9 Å². The van der Waals surface area contributed by atoms with Gasteiger partial charge < -0.3 is 19.7 Å². The maximum absolute atomic E-state index is 14.6. The van der Waals surface area contributed by atoms with Crippen molar-refractivity contribution in [3.05, 3.63) is 112 Å². The number of carbonyl (C=O) groups is 1. The number of unbranched alkanes of at least 4 members (excludes halogenated alkanes) is 4. The molecule has 6 rings (SSSR count). The van der Waals surface area contributed by atoms with Gasteiger partial charge in [0, 0.05) is 47.2 Å². The van der Waals surface area contributed by atoms with Gasteiger partial charge in [-0.05, 0) is 67.8 Å². The molecule has 1 spiro atoms. The maximum Gasteiger partial charge on any atom is 0.340 e. The van der Waals surface area contributed by atoms with E-state index in [1.54, 1.807) is 18.2 Å². The number of para-hydroxylation sites is 1. The van der Waals surface area contributed by atoms with Crippen LogP contribution < -0.4 is 15.0 Å². The summed E-state index contributed by atoms with van der Waals surface area (Å²) in [6.07, 6.45) is 7.00. The minimum absolute atomic E-state index is 0.344. The van der Waals surface area contributed by atoms with Crippen LogP contribution in [0.25, 0.3) is 0 Å². The topological polar surface area (TPSA) is 50.8 Å². The summed E-state index contributed by atoms with van der Waals surface area (Å²) in [4.78, 5) is 15.8. The Morgan fingerprint density at radius 2 is 1.47 bits per heavy atom. The highest BCUT2D eigenvalue weighted by molar-refractivity contribution is 5.97. The lowest BCUT2D eigenvalue weighted by Crippen LogP contribution is -2.33. The number of halogens is 1. The number of anilines is 3. The Balaban J connectivity index is 1.48. The molecule has 0 bridgehead atoms. The standard InChI is InChI=1S/C37H39FN2O3/c1-4-6-12-20-40(21-13-7-5-2)26-18-19-29-35(23-26)42-34-22-25(3)33(39-32-17-11-10-16-31(32)38)24-30(34)37(29)28-15-9-8-14-27(28)36(41)43-37/h8-11,14-19,22-24,39H,4-7,12-13,20-21H2,1-3H3. The second kappa shape index (κ2) is 12.1. The van der Waals surface area contributed by atoms with Crippen molar-refractivity contribution in [2.45, 2.75) is 64.9 Å². The predicted molar refractivity (Wildman–Crippen MR) is 170 cm³/mol. The van der Waals surface area contributed by atoms with E-state index in [-0.39, 0.29) is 11.8 Å². The third-order valence-corrected chi connectivity index (χ3v) is 8.61. The first kappa shape index (κ1) is 28.8. The van der Waals surface area contributed by atoms with Crippen LogP contribution in [0.5, 0.6) is 11.5 Å². The normalized spacial score (nSPS) is 16.2. The molecule has 0 aliphatic carbocycles. The average Bonchev–Trinajstić information content (AvgIpc) is 3.30. The number of nitrogens with one attached hydrogen (secondary N) is 1. The molecule has 4 aromatic rings. The number of hydrogen-bond donors (Lipinski definition) is 1. The molecule has 2 aliphatic rings. The van der Waals surface area contributed by atoms with Crippen LogP contribution in [0.15, 0.2) is 78.9 Å². The molecule has 0 amide bonds. The number of esters is 1. The molecule has 222 valence electrons. The summed E-state index contributed by atoms with van der Waals surface area (Å²) < 4.78 is 27.7. The average molecular weight is 579 g/mol. The number of aryl methyl sites for hydroxylation is 1. The van der Waals surface area contributed by atoms with Gasteiger partial charge in [-0.25, -0.2) is 9.18 Å². The fourth-order valence-electron chi connectivity index (χ4n) is 6.32. The van der Waals surface area contributed by atoms with Gasteiger partial charge in [0.2, 0.25) is 0 Å². The zero-order chi connectivity index (χ0) is 30.0. The van der Waals surface area contributed by atoms with Crippen molar-refractivity contribution in [2.75, 3.05) is 23.3 Å². The van der Waals surface area contributed by atoms with Crippen LogP contribution in [0.2, 0.25) is 0 Å². The van der Waals surface area contributed by atoms with E-state index in [9.17, 15) is 9.18 Å². The Morgan fingerprint density at radius 1 is 0.767 bits per heavy atom. The van der Waals surface area contributed by atoms with Crippen LogP contribution in [0.3, 0.4) is 0 Å². The molecule has 0 saturated heterocycles. The number of hydrogen-bond acceptors (Lipinski definition) is 5. The van der Waals surface area contributed by atoms with Gasteiger partial charge in [0.25, 0.3) is 0 Å². The van der Waals surface area contributed by atoms with Gasteiger partial charge in [-0.15, -0.1) is 0 Å². The highest BCUT2D eigenvalue weighted by Gasteiger charge is 2.53. The summed E-state index contributed by atoms with van der Waals surface area (Å²) in [7, 11) is 0. The van der Waals surface area contributed by atoms with Crippen LogP contribution in [0.4, 0.5) is 21.5 Å². The molecule has 2 heterocycles. The summed E-state index contributed by atoms with van der Waals surface area (Å²) >= 11 is 0. The van der Waals surface area contributed by atoms with Gasteiger partial charge in [-0.2, -0.15) is 0 Å². The number of carbonyl (C=O) groups excluding carboxylic acids is 1. The fourth-order valence-corrected chi connectivity index (χ4v) is 6.32. The minimum Gasteiger partial charge on any atom is -0.456 e. The second-order valence-electron chi connectivity index (χ2n) is 11.6. The monoisotopic (exact) mass is 578 g/mol. The Morgan fingerprint density at radius 3 is 2.21 bits per heavy atom. The molecule has 1 atom stereocenters.